The van der Waals surface area contributed by atoms with E-state index in [-0.39, 0.29) is 30.0 Å². The molecule has 1 unspecified atom stereocenters. The number of amides is 2. The molecule has 22 heavy (non-hydrogen) atoms. The van der Waals surface area contributed by atoms with Crippen LogP contribution in [0.4, 0.5) is 9.18 Å². The van der Waals surface area contributed by atoms with Gasteiger partial charge in [0.1, 0.15) is 5.82 Å². The maximum Gasteiger partial charge on any atom is 0.318 e. The number of carbonyl (C=O) groups is 1. The van der Waals surface area contributed by atoms with Gasteiger partial charge in [0.2, 0.25) is 0 Å². The van der Waals surface area contributed by atoms with Crippen molar-refractivity contribution in [1.29, 1.82) is 0 Å². The highest BCUT2D eigenvalue weighted by molar-refractivity contribution is 5.75. The van der Waals surface area contributed by atoms with Crippen molar-refractivity contribution < 1.29 is 14.3 Å². The molecule has 120 valence electrons. The number of hydrogen-bond acceptors (Lipinski definition) is 2. The number of halogens is 1. The van der Waals surface area contributed by atoms with Crippen LogP contribution >= 0.6 is 0 Å². The molecule has 1 aromatic rings. The first-order valence-corrected chi connectivity index (χ1v) is 8.14. The largest absolute Gasteiger partial charge is 0.393 e. The summed E-state index contributed by atoms with van der Waals surface area (Å²) < 4.78 is 13.4. The number of likely N-dealkylation sites (tertiary alicyclic amines) is 1. The molecule has 1 atom stereocenters. The van der Waals surface area contributed by atoms with E-state index in [2.05, 4.69) is 5.32 Å². The highest BCUT2D eigenvalue weighted by atomic mass is 19.1. The first-order valence-electron chi connectivity index (χ1n) is 8.14. The molecule has 1 aliphatic heterocycles. The molecular formula is C17H23FN2O2. The third-order valence-electron chi connectivity index (χ3n) is 4.77. The van der Waals surface area contributed by atoms with E-state index in [0.717, 1.165) is 44.1 Å². The van der Waals surface area contributed by atoms with Gasteiger partial charge in [0.15, 0.2) is 0 Å². The van der Waals surface area contributed by atoms with Gasteiger partial charge in [-0.1, -0.05) is 12.1 Å². The molecule has 0 bridgehead atoms. The average Bonchev–Trinajstić information content (AvgIpc) is 2.99. The summed E-state index contributed by atoms with van der Waals surface area (Å²) in [5.74, 6) is -0.258. The SMILES string of the molecule is O=C(NC1CCC(O)CC1)N1CCCC1c1cccc(F)c1. The van der Waals surface area contributed by atoms with Crippen LogP contribution in [0, 0.1) is 5.82 Å². The number of carbonyl (C=O) groups excluding carboxylic acids is 1. The topological polar surface area (TPSA) is 52.6 Å². The zero-order chi connectivity index (χ0) is 15.5. The van der Waals surface area contributed by atoms with E-state index in [1.165, 1.54) is 12.1 Å². The van der Waals surface area contributed by atoms with Crippen molar-refractivity contribution in [2.75, 3.05) is 6.54 Å². The third-order valence-corrected chi connectivity index (χ3v) is 4.77. The minimum Gasteiger partial charge on any atom is -0.393 e. The van der Waals surface area contributed by atoms with E-state index in [0.29, 0.717) is 6.54 Å². The lowest BCUT2D eigenvalue weighted by Gasteiger charge is -2.31. The Labute approximate surface area is 130 Å². The number of rotatable bonds is 2. The first kappa shape index (κ1) is 15.3. The van der Waals surface area contributed by atoms with Gasteiger partial charge in [-0.3, -0.25) is 0 Å². The summed E-state index contributed by atoms with van der Waals surface area (Å²) in [6.07, 6.45) is 4.74. The first-order chi connectivity index (χ1) is 10.6. The van der Waals surface area contributed by atoms with Crippen LogP contribution < -0.4 is 5.32 Å². The molecule has 4 nitrogen and oxygen atoms in total. The predicted octanol–water partition coefficient (Wildman–Crippen LogP) is 2.98. The second-order valence-electron chi connectivity index (χ2n) is 6.36. The minimum absolute atomic E-state index is 0.0371. The highest BCUT2D eigenvalue weighted by Gasteiger charge is 2.31. The molecule has 1 aromatic carbocycles. The van der Waals surface area contributed by atoms with Crippen molar-refractivity contribution in [3.05, 3.63) is 35.6 Å². The van der Waals surface area contributed by atoms with Gasteiger partial charge in [0, 0.05) is 12.6 Å². The Kier molecular flexibility index (Phi) is 4.62. The summed E-state index contributed by atoms with van der Waals surface area (Å²) in [5.41, 5.74) is 0.867. The lowest BCUT2D eigenvalue weighted by molar-refractivity contribution is 0.114. The van der Waals surface area contributed by atoms with Crippen LogP contribution in [-0.2, 0) is 0 Å². The van der Waals surface area contributed by atoms with E-state index in [1.54, 1.807) is 6.07 Å². The molecule has 2 aliphatic rings. The predicted molar refractivity (Wildman–Crippen MR) is 81.9 cm³/mol. The van der Waals surface area contributed by atoms with Crippen molar-refractivity contribution in [3.8, 4) is 0 Å². The second-order valence-corrected chi connectivity index (χ2v) is 6.36. The molecule has 1 saturated carbocycles. The number of nitrogens with one attached hydrogen (secondary N) is 1. The molecule has 3 rings (SSSR count). The van der Waals surface area contributed by atoms with Gasteiger partial charge in [-0.15, -0.1) is 0 Å². The minimum atomic E-state index is -0.258. The van der Waals surface area contributed by atoms with Crippen molar-refractivity contribution in [2.24, 2.45) is 0 Å². The van der Waals surface area contributed by atoms with Crippen LogP contribution in [0.25, 0.3) is 0 Å². The van der Waals surface area contributed by atoms with Crippen LogP contribution in [0.5, 0.6) is 0 Å². The van der Waals surface area contributed by atoms with Crippen molar-refractivity contribution in [2.45, 2.75) is 56.7 Å². The van der Waals surface area contributed by atoms with E-state index < -0.39 is 0 Å². The zero-order valence-electron chi connectivity index (χ0n) is 12.7. The highest BCUT2D eigenvalue weighted by Crippen LogP contribution is 2.32. The Hall–Kier alpha value is -1.62. The normalized spacial score (nSPS) is 28.6. The molecule has 1 aliphatic carbocycles. The Balaban J connectivity index is 1.64. The smallest absolute Gasteiger partial charge is 0.318 e. The summed E-state index contributed by atoms with van der Waals surface area (Å²) >= 11 is 0. The molecule has 2 N–H and O–H groups in total. The maximum absolute atomic E-state index is 13.4. The second kappa shape index (κ2) is 6.65. The molecule has 1 saturated heterocycles. The summed E-state index contributed by atoms with van der Waals surface area (Å²) in [5, 5.41) is 12.6. The van der Waals surface area contributed by atoms with Gasteiger partial charge in [0.25, 0.3) is 0 Å². The lowest BCUT2D eigenvalue weighted by atomic mass is 9.93. The number of benzene rings is 1. The molecule has 0 spiro atoms. The number of aliphatic hydroxyl groups is 1. The van der Waals surface area contributed by atoms with E-state index >= 15 is 0 Å². The third kappa shape index (κ3) is 3.40. The van der Waals surface area contributed by atoms with Crippen molar-refractivity contribution >= 4 is 6.03 Å². The molecule has 0 aromatic heterocycles. The van der Waals surface area contributed by atoms with Crippen LogP contribution in [-0.4, -0.2) is 34.7 Å². The number of nitrogens with zero attached hydrogens (tertiary/aromatic N) is 1. The fourth-order valence-corrected chi connectivity index (χ4v) is 3.55. The maximum atomic E-state index is 13.4. The summed E-state index contributed by atoms with van der Waals surface area (Å²) in [4.78, 5) is 14.3. The summed E-state index contributed by atoms with van der Waals surface area (Å²) in [6, 6.07) is 6.57. The number of hydrogen-bond donors (Lipinski definition) is 2. The fourth-order valence-electron chi connectivity index (χ4n) is 3.55. The van der Waals surface area contributed by atoms with Crippen LogP contribution in [0.15, 0.2) is 24.3 Å². The van der Waals surface area contributed by atoms with Gasteiger partial charge in [-0.2, -0.15) is 0 Å². The van der Waals surface area contributed by atoms with Crippen molar-refractivity contribution in [3.63, 3.8) is 0 Å². The van der Waals surface area contributed by atoms with Crippen LogP contribution in [0.1, 0.15) is 50.1 Å². The Morgan fingerprint density at radius 1 is 1.23 bits per heavy atom. The van der Waals surface area contributed by atoms with Gasteiger partial charge >= 0.3 is 6.03 Å². The summed E-state index contributed by atoms with van der Waals surface area (Å²) in [7, 11) is 0. The van der Waals surface area contributed by atoms with Gasteiger partial charge < -0.3 is 15.3 Å². The molecule has 1 heterocycles. The van der Waals surface area contributed by atoms with Crippen LogP contribution in [0.2, 0.25) is 0 Å². The zero-order valence-corrected chi connectivity index (χ0v) is 12.7. The Bertz CT molecular complexity index is 529. The number of urea groups is 1. The molecule has 0 radical (unpaired) electrons. The Morgan fingerprint density at radius 3 is 2.73 bits per heavy atom. The molecule has 2 amide bonds. The monoisotopic (exact) mass is 306 g/mol. The van der Waals surface area contributed by atoms with E-state index in [4.69, 9.17) is 0 Å². The quantitative estimate of drug-likeness (QED) is 0.882. The molecule has 5 heteroatoms. The lowest BCUT2D eigenvalue weighted by Crippen LogP contribution is -2.46. The molecule has 2 fully saturated rings. The fraction of sp³-hybridized carbons (Fsp3) is 0.588. The number of aliphatic hydroxyl groups excluding tert-OH is 1. The van der Waals surface area contributed by atoms with Crippen molar-refractivity contribution in [1.82, 2.24) is 10.2 Å². The van der Waals surface area contributed by atoms with Gasteiger partial charge in [-0.05, 0) is 56.2 Å². The van der Waals surface area contributed by atoms with Crippen LogP contribution in [0.3, 0.4) is 0 Å². The van der Waals surface area contributed by atoms with Gasteiger partial charge in [-0.25, -0.2) is 9.18 Å². The molecular weight excluding hydrogens is 283 g/mol. The van der Waals surface area contributed by atoms with Gasteiger partial charge in [0.05, 0.1) is 12.1 Å². The summed E-state index contributed by atoms with van der Waals surface area (Å²) in [6.45, 7) is 0.711. The van der Waals surface area contributed by atoms with E-state index in [9.17, 15) is 14.3 Å². The Morgan fingerprint density at radius 2 is 2.00 bits per heavy atom. The average molecular weight is 306 g/mol. The standard InChI is InChI=1S/C17H23FN2O2/c18-13-4-1-3-12(11-13)16-5-2-10-20(16)17(22)19-14-6-8-15(21)9-7-14/h1,3-4,11,14-16,21H,2,5-10H2,(H,19,22). The van der Waals surface area contributed by atoms with E-state index in [1.807, 2.05) is 11.0 Å².